The zero-order valence-electron chi connectivity index (χ0n) is 10.8. The van der Waals surface area contributed by atoms with E-state index in [4.69, 9.17) is 0 Å². The Morgan fingerprint density at radius 2 is 1.79 bits per heavy atom. The third-order valence-corrected chi connectivity index (χ3v) is 3.88. The molecule has 0 radical (unpaired) electrons. The highest BCUT2D eigenvalue weighted by Crippen LogP contribution is 2.50. The number of Topliss-reactive ketones (excluding diaryl/α,β-unsaturated/α-hetero) is 1. The molecule has 0 heterocycles. The Hall–Kier alpha value is -1.96. The normalized spacial score (nSPS) is 16.1. The Kier molecular flexibility index (Phi) is 2.74. The van der Waals surface area contributed by atoms with Gasteiger partial charge in [-0.2, -0.15) is 0 Å². The second kappa shape index (κ2) is 4.30. The zero-order chi connectivity index (χ0) is 13.5. The molecule has 2 aromatic rings. The highest BCUT2D eigenvalue weighted by molar-refractivity contribution is 6.06. The van der Waals surface area contributed by atoms with Gasteiger partial charge in [-0.25, -0.2) is 4.39 Å². The molecule has 1 fully saturated rings. The molecule has 0 unspecified atom stereocenters. The highest BCUT2D eigenvalue weighted by Gasteiger charge is 2.51. The lowest BCUT2D eigenvalue weighted by molar-refractivity contribution is 0.0942. The van der Waals surface area contributed by atoms with Crippen LogP contribution in [0.3, 0.4) is 0 Å². The van der Waals surface area contributed by atoms with Crippen LogP contribution in [0.2, 0.25) is 0 Å². The summed E-state index contributed by atoms with van der Waals surface area (Å²) in [4.78, 5) is 12.7. The van der Waals surface area contributed by atoms with Crippen LogP contribution in [0.1, 0.15) is 34.3 Å². The van der Waals surface area contributed by atoms with E-state index in [0.717, 1.165) is 24.0 Å². The van der Waals surface area contributed by atoms with Gasteiger partial charge < -0.3 is 0 Å². The first-order valence-corrected chi connectivity index (χ1v) is 6.50. The first kappa shape index (κ1) is 12.1. The molecule has 2 aromatic carbocycles. The molecule has 0 aliphatic heterocycles. The fourth-order valence-corrected chi connectivity index (χ4v) is 2.60. The van der Waals surface area contributed by atoms with Gasteiger partial charge in [0.25, 0.3) is 0 Å². The number of hydrogen-bond donors (Lipinski definition) is 0. The van der Waals surface area contributed by atoms with Crippen molar-refractivity contribution in [1.29, 1.82) is 0 Å². The van der Waals surface area contributed by atoms with E-state index in [2.05, 4.69) is 0 Å². The maximum Gasteiger partial charge on any atom is 0.176 e. The van der Waals surface area contributed by atoms with Crippen LogP contribution in [0.4, 0.5) is 4.39 Å². The highest BCUT2D eigenvalue weighted by atomic mass is 19.1. The predicted octanol–water partition coefficient (Wildman–Crippen LogP) is 4.05. The molecule has 1 aliphatic carbocycles. The maximum atomic E-state index is 13.9. The number of carbonyl (C=O) groups excluding carboxylic acids is 1. The largest absolute Gasteiger partial charge is 0.293 e. The van der Waals surface area contributed by atoms with Crippen molar-refractivity contribution in [3.05, 3.63) is 71.0 Å². The lowest BCUT2D eigenvalue weighted by Crippen LogP contribution is -2.21. The van der Waals surface area contributed by atoms with E-state index < -0.39 is 11.2 Å². The SMILES string of the molecule is Cc1ccc(F)c(C(=O)C2(c3ccccc3)CC2)c1. The number of rotatable bonds is 3. The van der Waals surface area contributed by atoms with Crippen molar-refractivity contribution in [3.63, 3.8) is 0 Å². The summed E-state index contributed by atoms with van der Waals surface area (Å²) in [6.45, 7) is 1.87. The minimum Gasteiger partial charge on any atom is -0.293 e. The molecule has 0 spiro atoms. The molecular formula is C17H15FO. The van der Waals surface area contributed by atoms with Crippen LogP contribution >= 0.6 is 0 Å². The molecule has 96 valence electrons. The van der Waals surface area contributed by atoms with E-state index in [-0.39, 0.29) is 11.3 Å². The van der Waals surface area contributed by atoms with Crippen LogP contribution in [0, 0.1) is 12.7 Å². The van der Waals surface area contributed by atoms with Crippen molar-refractivity contribution >= 4 is 5.78 Å². The molecule has 0 atom stereocenters. The van der Waals surface area contributed by atoms with Crippen molar-refractivity contribution in [2.24, 2.45) is 0 Å². The minimum absolute atomic E-state index is 0.0834. The van der Waals surface area contributed by atoms with Crippen LogP contribution in [0.25, 0.3) is 0 Å². The summed E-state index contributed by atoms with van der Waals surface area (Å²) in [6.07, 6.45) is 1.62. The summed E-state index contributed by atoms with van der Waals surface area (Å²) in [5.41, 5.74) is 1.64. The summed E-state index contributed by atoms with van der Waals surface area (Å²) in [5, 5.41) is 0. The molecular weight excluding hydrogens is 239 g/mol. The number of carbonyl (C=O) groups is 1. The Labute approximate surface area is 112 Å². The van der Waals surface area contributed by atoms with Crippen LogP contribution in [0.15, 0.2) is 48.5 Å². The monoisotopic (exact) mass is 254 g/mol. The van der Waals surface area contributed by atoms with Crippen molar-refractivity contribution in [2.45, 2.75) is 25.2 Å². The number of halogens is 1. The van der Waals surface area contributed by atoms with Crippen molar-refractivity contribution in [3.8, 4) is 0 Å². The molecule has 0 amide bonds. The Morgan fingerprint density at radius 1 is 1.11 bits per heavy atom. The van der Waals surface area contributed by atoms with Crippen molar-refractivity contribution in [1.82, 2.24) is 0 Å². The summed E-state index contributed by atoms with van der Waals surface area (Å²) in [6, 6.07) is 14.4. The summed E-state index contributed by atoms with van der Waals surface area (Å²) in [7, 11) is 0. The van der Waals surface area contributed by atoms with Gasteiger partial charge in [0.05, 0.1) is 11.0 Å². The van der Waals surface area contributed by atoms with Crippen LogP contribution in [-0.2, 0) is 5.41 Å². The van der Waals surface area contributed by atoms with E-state index in [1.165, 1.54) is 6.07 Å². The van der Waals surface area contributed by atoms with Gasteiger partial charge in [-0.1, -0.05) is 42.0 Å². The minimum atomic E-state index is -0.490. The fourth-order valence-electron chi connectivity index (χ4n) is 2.60. The molecule has 1 nitrogen and oxygen atoms in total. The predicted molar refractivity (Wildman–Crippen MR) is 72.8 cm³/mol. The van der Waals surface area contributed by atoms with Gasteiger partial charge in [0.15, 0.2) is 5.78 Å². The topological polar surface area (TPSA) is 17.1 Å². The third kappa shape index (κ3) is 1.97. The molecule has 19 heavy (non-hydrogen) atoms. The van der Waals surface area contributed by atoms with Gasteiger partial charge in [0.2, 0.25) is 0 Å². The number of aryl methyl sites for hydroxylation is 1. The van der Waals surface area contributed by atoms with Crippen molar-refractivity contribution in [2.75, 3.05) is 0 Å². The van der Waals surface area contributed by atoms with Crippen molar-refractivity contribution < 1.29 is 9.18 Å². The van der Waals surface area contributed by atoms with Gasteiger partial charge in [0, 0.05) is 0 Å². The molecule has 2 heteroatoms. The lowest BCUT2D eigenvalue weighted by atomic mass is 9.87. The molecule has 0 bridgehead atoms. The average Bonchev–Trinajstić information content (AvgIpc) is 3.23. The fraction of sp³-hybridized carbons (Fsp3) is 0.235. The molecule has 3 rings (SSSR count). The summed E-state index contributed by atoms with van der Waals surface area (Å²) >= 11 is 0. The molecule has 1 aliphatic rings. The summed E-state index contributed by atoms with van der Waals surface area (Å²) < 4.78 is 13.9. The number of ketones is 1. The Morgan fingerprint density at radius 3 is 2.42 bits per heavy atom. The maximum absolute atomic E-state index is 13.9. The van der Waals surface area contributed by atoms with Gasteiger partial charge >= 0.3 is 0 Å². The van der Waals surface area contributed by atoms with E-state index >= 15 is 0 Å². The van der Waals surface area contributed by atoms with E-state index in [0.29, 0.717) is 0 Å². The lowest BCUT2D eigenvalue weighted by Gasteiger charge is -2.15. The molecule has 0 aromatic heterocycles. The standard InChI is InChI=1S/C17H15FO/c1-12-7-8-15(18)14(11-12)16(19)17(9-10-17)13-5-3-2-4-6-13/h2-8,11H,9-10H2,1H3. The van der Waals surface area contributed by atoms with Crippen LogP contribution in [-0.4, -0.2) is 5.78 Å². The molecule has 1 saturated carbocycles. The molecule has 0 saturated heterocycles. The van der Waals surface area contributed by atoms with Crippen LogP contribution < -0.4 is 0 Å². The average molecular weight is 254 g/mol. The van der Waals surface area contributed by atoms with E-state index in [1.807, 2.05) is 37.3 Å². The number of hydrogen-bond acceptors (Lipinski definition) is 1. The Bertz CT molecular complexity index is 627. The second-order valence-corrected chi connectivity index (χ2v) is 5.26. The quantitative estimate of drug-likeness (QED) is 0.755. The van der Waals surface area contributed by atoms with E-state index in [9.17, 15) is 9.18 Å². The number of benzene rings is 2. The second-order valence-electron chi connectivity index (χ2n) is 5.26. The van der Waals surface area contributed by atoms with Gasteiger partial charge in [-0.15, -0.1) is 0 Å². The third-order valence-electron chi connectivity index (χ3n) is 3.88. The zero-order valence-corrected chi connectivity index (χ0v) is 10.8. The molecule has 0 N–H and O–H groups in total. The Balaban J connectivity index is 2.03. The van der Waals surface area contributed by atoms with Gasteiger partial charge in [0.1, 0.15) is 5.82 Å². The van der Waals surface area contributed by atoms with Gasteiger partial charge in [-0.05, 0) is 37.5 Å². The summed E-state index contributed by atoms with van der Waals surface area (Å²) in [5.74, 6) is -0.502. The smallest absolute Gasteiger partial charge is 0.176 e. The first-order chi connectivity index (χ1) is 9.13. The first-order valence-electron chi connectivity index (χ1n) is 6.50. The van der Waals surface area contributed by atoms with Gasteiger partial charge in [-0.3, -0.25) is 4.79 Å². The van der Waals surface area contributed by atoms with Crippen LogP contribution in [0.5, 0.6) is 0 Å². The van der Waals surface area contributed by atoms with E-state index in [1.54, 1.807) is 12.1 Å².